The van der Waals surface area contributed by atoms with Crippen LogP contribution in [0.5, 0.6) is 0 Å². The van der Waals surface area contributed by atoms with Gasteiger partial charge in [-0.1, -0.05) is 24.3 Å². The number of hydrogen-bond donors (Lipinski definition) is 1. The van der Waals surface area contributed by atoms with Crippen molar-refractivity contribution < 1.29 is 0 Å². The maximum atomic E-state index is 4.36. The van der Waals surface area contributed by atoms with Gasteiger partial charge in [-0.25, -0.2) is 4.98 Å². The Morgan fingerprint density at radius 3 is 2.95 bits per heavy atom. The molecular weight excluding hydrogens is 258 g/mol. The number of hydrogen-bond acceptors (Lipinski definition) is 2. The molecule has 1 aliphatic heterocycles. The van der Waals surface area contributed by atoms with Gasteiger partial charge in [-0.2, -0.15) is 0 Å². The van der Waals surface area contributed by atoms with Crippen molar-refractivity contribution in [1.29, 1.82) is 0 Å². The maximum absolute atomic E-state index is 4.36. The molecule has 3 nitrogen and oxygen atoms in total. The number of fused-ring (bicyclic) bond motifs is 1. The van der Waals surface area contributed by atoms with E-state index in [-0.39, 0.29) is 0 Å². The number of imidazole rings is 1. The third-order valence-corrected chi connectivity index (χ3v) is 4.14. The van der Waals surface area contributed by atoms with Crippen molar-refractivity contribution in [3.8, 4) is 16.9 Å². The lowest BCUT2D eigenvalue weighted by Crippen LogP contribution is -1.97. The third kappa shape index (κ3) is 2.02. The van der Waals surface area contributed by atoms with Crippen molar-refractivity contribution in [3.05, 3.63) is 66.1 Å². The van der Waals surface area contributed by atoms with E-state index < -0.39 is 0 Å². The second-order valence-corrected chi connectivity index (χ2v) is 5.48. The monoisotopic (exact) mass is 275 g/mol. The quantitative estimate of drug-likeness (QED) is 0.770. The van der Waals surface area contributed by atoms with E-state index in [0.29, 0.717) is 0 Å². The normalized spacial score (nSPS) is 13.0. The second-order valence-electron chi connectivity index (χ2n) is 5.48. The highest BCUT2D eigenvalue weighted by atomic mass is 15.1. The van der Waals surface area contributed by atoms with Gasteiger partial charge in [0.15, 0.2) is 0 Å². The minimum atomic E-state index is 1.04. The Bertz CT molecular complexity index is 802. The molecule has 0 amide bonds. The molecule has 1 aromatic heterocycles. The van der Waals surface area contributed by atoms with Crippen LogP contribution in [0.1, 0.15) is 11.1 Å². The highest BCUT2D eigenvalue weighted by molar-refractivity contribution is 5.67. The fourth-order valence-corrected chi connectivity index (χ4v) is 3.00. The molecule has 0 bridgehead atoms. The van der Waals surface area contributed by atoms with E-state index in [2.05, 4.69) is 64.3 Å². The van der Waals surface area contributed by atoms with E-state index in [1.54, 1.807) is 0 Å². The lowest BCUT2D eigenvalue weighted by Gasteiger charge is -2.11. The first kappa shape index (κ1) is 12.2. The smallest absolute Gasteiger partial charge is 0.0997 e. The summed E-state index contributed by atoms with van der Waals surface area (Å²) in [5.74, 6) is 0. The maximum Gasteiger partial charge on any atom is 0.0997 e. The van der Waals surface area contributed by atoms with E-state index in [1.807, 2.05) is 12.5 Å². The second kappa shape index (κ2) is 4.77. The van der Waals surface area contributed by atoms with E-state index in [1.165, 1.54) is 28.1 Å². The molecule has 21 heavy (non-hydrogen) atoms. The van der Waals surface area contributed by atoms with Crippen LogP contribution < -0.4 is 5.32 Å². The van der Waals surface area contributed by atoms with Crippen molar-refractivity contribution in [2.45, 2.75) is 13.3 Å². The van der Waals surface area contributed by atoms with Gasteiger partial charge in [-0.3, -0.25) is 4.57 Å². The van der Waals surface area contributed by atoms with Gasteiger partial charge < -0.3 is 5.32 Å². The van der Waals surface area contributed by atoms with Crippen LogP contribution in [0.3, 0.4) is 0 Å². The number of aromatic nitrogens is 2. The Balaban J connectivity index is 1.84. The van der Waals surface area contributed by atoms with E-state index in [0.717, 1.165) is 18.7 Å². The summed E-state index contributed by atoms with van der Waals surface area (Å²) in [6.45, 7) is 3.17. The minimum absolute atomic E-state index is 1.04. The van der Waals surface area contributed by atoms with Crippen LogP contribution >= 0.6 is 0 Å². The van der Waals surface area contributed by atoms with Gasteiger partial charge in [-0.05, 0) is 42.7 Å². The number of nitrogens with one attached hydrogen (secondary N) is 1. The van der Waals surface area contributed by atoms with Crippen molar-refractivity contribution in [3.63, 3.8) is 0 Å². The van der Waals surface area contributed by atoms with Gasteiger partial charge >= 0.3 is 0 Å². The molecule has 0 aliphatic carbocycles. The Labute approximate surface area is 124 Å². The summed E-state index contributed by atoms with van der Waals surface area (Å²) in [6, 6.07) is 15.0. The zero-order chi connectivity index (χ0) is 14.2. The summed E-state index contributed by atoms with van der Waals surface area (Å²) in [6.07, 6.45) is 4.93. The molecule has 0 atom stereocenters. The highest BCUT2D eigenvalue weighted by Gasteiger charge is 2.13. The van der Waals surface area contributed by atoms with Crippen molar-refractivity contribution >= 4 is 5.69 Å². The molecule has 0 unspecified atom stereocenters. The molecule has 1 aliphatic rings. The van der Waals surface area contributed by atoms with Crippen LogP contribution in [-0.2, 0) is 6.42 Å². The lowest BCUT2D eigenvalue weighted by atomic mass is 10.1. The summed E-state index contributed by atoms with van der Waals surface area (Å²) >= 11 is 0. The molecule has 1 N–H and O–H groups in total. The molecule has 4 rings (SSSR count). The topological polar surface area (TPSA) is 29.9 Å². The fourth-order valence-electron chi connectivity index (χ4n) is 3.00. The Morgan fingerprint density at radius 2 is 2.05 bits per heavy atom. The molecule has 3 aromatic rings. The van der Waals surface area contributed by atoms with E-state index >= 15 is 0 Å². The fraction of sp³-hybridized carbons (Fsp3) is 0.167. The summed E-state index contributed by atoms with van der Waals surface area (Å²) in [7, 11) is 0. The molecule has 104 valence electrons. The summed E-state index contributed by atoms with van der Waals surface area (Å²) < 4.78 is 2.17. The summed E-state index contributed by atoms with van der Waals surface area (Å²) in [5, 5.41) is 3.40. The SMILES string of the molecule is Cc1ccccc1-c1cncn1-c1ccc2c(c1)CCN2. The van der Waals surface area contributed by atoms with Gasteiger partial charge in [0.25, 0.3) is 0 Å². The molecule has 3 heteroatoms. The molecule has 0 radical (unpaired) electrons. The lowest BCUT2D eigenvalue weighted by molar-refractivity contribution is 1.05. The first-order valence-electron chi connectivity index (χ1n) is 7.28. The molecule has 0 saturated carbocycles. The zero-order valence-corrected chi connectivity index (χ0v) is 12.0. The predicted molar refractivity (Wildman–Crippen MR) is 85.9 cm³/mol. The van der Waals surface area contributed by atoms with Crippen LogP contribution in [0.2, 0.25) is 0 Å². The molecule has 0 spiro atoms. The van der Waals surface area contributed by atoms with Crippen LogP contribution in [-0.4, -0.2) is 16.1 Å². The molecule has 2 aromatic carbocycles. The number of rotatable bonds is 2. The Hall–Kier alpha value is -2.55. The number of benzene rings is 2. The first-order chi connectivity index (χ1) is 10.3. The number of nitrogens with zero attached hydrogens (tertiary/aromatic N) is 2. The zero-order valence-electron chi connectivity index (χ0n) is 12.0. The largest absolute Gasteiger partial charge is 0.384 e. The van der Waals surface area contributed by atoms with E-state index in [9.17, 15) is 0 Å². The van der Waals surface area contributed by atoms with Gasteiger partial charge in [0.05, 0.1) is 18.2 Å². The van der Waals surface area contributed by atoms with Crippen LogP contribution in [0.15, 0.2) is 55.0 Å². The average molecular weight is 275 g/mol. The predicted octanol–water partition coefficient (Wildman–Crippen LogP) is 3.82. The van der Waals surface area contributed by atoms with Gasteiger partial charge in [-0.15, -0.1) is 0 Å². The van der Waals surface area contributed by atoms with Crippen molar-refractivity contribution in [1.82, 2.24) is 9.55 Å². The molecule has 2 heterocycles. The number of anilines is 1. The molecular formula is C18H17N3. The summed E-state index contributed by atoms with van der Waals surface area (Å²) in [4.78, 5) is 4.36. The van der Waals surface area contributed by atoms with Crippen LogP contribution in [0.4, 0.5) is 5.69 Å². The Morgan fingerprint density at radius 1 is 1.14 bits per heavy atom. The van der Waals surface area contributed by atoms with Crippen molar-refractivity contribution in [2.24, 2.45) is 0 Å². The van der Waals surface area contributed by atoms with Gasteiger partial charge in [0.2, 0.25) is 0 Å². The van der Waals surface area contributed by atoms with Crippen LogP contribution in [0.25, 0.3) is 16.9 Å². The average Bonchev–Trinajstić information content (AvgIpc) is 3.15. The third-order valence-electron chi connectivity index (χ3n) is 4.14. The van der Waals surface area contributed by atoms with E-state index in [4.69, 9.17) is 0 Å². The standard InChI is InChI=1S/C18H17N3/c1-13-4-2-3-5-16(13)18-11-19-12-21(18)15-6-7-17-14(10-15)8-9-20-17/h2-7,10-12,20H,8-9H2,1H3. The first-order valence-corrected chi connectivity index (χ1v) is 7.28. The minimum Gasteiger partial charge on any atom is -0.384 e. The van der Waals surface area contributed by atoms with Gasteiger partial charge in [0, 0.05) is 23.5 Å². The van der Waals surface area contributed by atoms with Crippen molar-refractivity contribution in [2.75, 3.05) is 11.9 Å². The summed E-state index contributed by atoms with van der Waals surface area (Å²) in [5.41, 5.74) is 7.45. The molecule has 0 fully saturated rings. The molecule has 0 saturated heterocycles. The van der Waals surface area contributed by atoms with Gasteiger partial charge in [0.1, 0.15) is 0 Å². The Kier molecular flexibility index (Phi) is 2.78. The van der Waals surface area contributed by atoms with Crippen LogP contribution in [0, 0.1) is 6.92 Å². The number of aryl methyl sites for hydroxylation is 1. The highest BCUT2D eigenvalue weighted by Crippen LogP contribution is 2.29.